The minimum atomic E-state index is -0.763. The van der Waals surface area contributed by atoms with E-state index in [0.717, 1.165) is 11.1 Å². The van der Waals surface area contributed by atoms with Gasteiger partial charge in [0.2, 0.25) is 0 Å². The Kier molecular flexibility index (Phi) is 4.91. The van der Waals surface area contributed by atoms with E-state index < -0.39 is 11.9 Å². The Morgan fingerprint density at radius 1 is 1.00 bits per heavy atom. The number of hydrogen-bond acceptors (Lipinski definition) is 3. The Balaban J connectivity index is 1.91. The second-order valence-electron chi connectivity index (χ2n) is 4.46. The summed E-state index contributed by atoms with van der Waals surface area (Å²) in [4.78, 5) is 11.9. The van der Waals surface area contributed by atoms with E-state index >= 15 is 0 Å². The van der Waals surface area contributed by atoms with Gasteiger partial charge >= 0.3 is 5.97 Å². The van der Waals surface area contributed by atoms with Crippen LogP contribution in [-0.2, 0) is 22.6 Å². The molecule has 0 spiro atoms. The minimum Gasteiger partial charge on any atom is -0.460 e. The van der Waals surface area contributed by atoms with Crippen LogP contribution in [0.4, 0.5) is 0 Å². The normalized spacial score (nSPS) is 11.3. The molecular formula is C17H15NO2. The molecule has 0 radical (unpaired) electrons. The zero-order valence-electron chi connectivity index (χ0n) is 11.0. The van der Waals surface area contributed by atoms with Gasteiger partial charge in [-0.15, -0.1) is 0 Å². The molecule has 0 saturated carbocycles. The van der Waals surface area contributed by atoms with Crippen LogP contribution in [-0.4, -0.2) is 5.97 Å². The SMILES string of the molecule is N#CC(Cc1ccccc1)C(=O)OCc1ccccc1. The van der Waals surface area contributed by atoms with Gasteiger partial charge in [-0.2, -0.15) is 5.26 Å². The zero-order valence-corrected chi connectivity index (χ0v) is 11.0. The fraction of sp³-hybridized carbons (Fsp3) is 0.176. The summed E-state index contributed by atoms with van der Waals surface area (Å²) in [6, 6.07) is 20.9. The highest BCUT2D eigenvalue weighted by Crippen LogP contribution is 2.11. The summed E-state index contributed by atoms with van der Waals surface area (Å²) < 4.78 is 5.19. The van der Waals surface area contributed by atoms with Crippen LogP contribution < -0.4 is 0 Å². The predicted octanol–water partition coefficient (Wildman–Crippen LogP) is 3.11. The van der Waals surface area contributed by atoms with Crippen molar-refractivity contribution >= 4 is 5.97 Å². The first-order valence-electron chi connectivity index (χ1n) is 6.43. The number of rotatable bonds is 5. The first-order valence-corrected chi connectivity index (χ1v) is 6.43. The second-order valence-corrected chi connectivity index (χ2v) is 4.46. The van der Waals surface area contributed by atoms with Crippen molar-refractivity contribution in [2.75, 3.05) is 0 Å². The Morgan fingerprint density at radius 2 is 1.55 bits per heavy atom. The molecule has 0 aliphatic rings. The maximum atomic E-state index is 11.9. The summed E-state index contributed by atoms with van der Waals surface area (Å²) in [5.74, 6) is -1.23. The zero-order chi connectivity index (χ0) is 14.2. The number of nitrogens with zero attached hydrogens (tertiary/aromatic N) is 1. The maximum absolute atomic E-state index is 11.9. The van der Waals surface area contributed by atoms with Crippen molar-refractivity contribution < 1.29 is 9.53 Å². The molecule has 0 bridgehead atoms. The van der Waals surface area contributed by atoms with Crippen LogP contribution in [0.15, 0.2) is 60.7 Å². The van der Waals surface area contributed by atoms with Gasteiger partial charge in [-0.25, -0.2) is 0 Å². The number of carbonyl (C=O) groups excluding carboxylic acids is 1. The molecule has 100 valence electrons. The van der Waals surface area contributed by atoms with E-state index in [2.05, 4.69) is 0 Å². The molecule has 2 rings (SSSR count). The lowest BCUT2D eigenvalue weighted by molar-refractivity contribution is -0.147. The molecule has 2 aromatic carbocycles. The fourth-order valence-corrected chi connectivity index (χ4v) is 1.86. The lowest BCUT2D eigenvalue weighted by Crippen LogP contribution is -2.18. The molecule has 0 aromatic heterocycles. The summed E-state index contributed by atoms with van der Waals surface area (Å²) in [5.41, 5.74) is 1.87. The number of ether oxygens (including phenoxy) is 1. The van der Waals surface area contributed by atoms with Crippen molar-refractivity contribution in [3.63, 3.8) is 0 Å². The Bertz CT molecular complexity index is 587. The van der Waals surface area contributed by atoms with Gasteiger partial charge in [0, 0.05) is 0 Å². The monoisotopic (exact) mass is 265 g/mol. The summed E-state index contributed by atoms with van der Waals surface area (Å²) >= 11 is 0. The van der Waals surface area contributed by atoms with Crippen LogP contribution >= 0.6 is 0 Å². The third-order valence-corrected chi connectivity index (χ3v) is 2.95. The predicted molar refractivity (Wildman–Crippen MR) is 75.5 cm³/mol. The van der Waals surface area contributed by atoms with Crippen molar-refractivity contribution in [2.45, 2.75) is 13.0 Å². The lowest BCUT2D eigenvalue weighted by atomic mass is 10.0. The van der Waals surface area contributed by atoms with Crippen LogP contribution in [0.3, 0.4) is 0 Å². The Labute approximate surface area is 118 Å². The van der Waals surface area contributed by atoms with E-state index in [1.165, 1.54) is 0 Å². The van der Waals surface area contributed by atoms with Gasteiger partial charge < -0.3 is 4.74 Å². The molecule has 1 atom stereocenters. The van der Waals surface area contributed by atoms with Crippen LogP contribution in [0.5, 0.6) is 0 Å². The number of nitriles is 1. The standard InChI is InChI=1S/C17H15NO2/c18-12-16(11-14-7-3-1-4-8-14)17(19)20-13-15-9-5-2-6-10-15/h1-10,16H,11,13H2. The average Bonchev–Trinajstić information content (AvgIpc) is 2.52. The van der Waals surface area contributed by atoms with Crippen LogP contribution in [0, 0.1) is 17.2 Å². The first kappa shape index (κ1) is 13.8. The maximum Gasteiger partial charge on any atom is 0.324 e. The van der Waals surface area contributed by atoms with E-state index in [4.69, 9.17) is 10.00 Å². The smallest absolute Gasteiger partial charge is 0.324 e. The highest BCUT2D eigenvalue weighted by Gasteiger charge is 2.19. The highest BCUT2D eigenvalue weighted by molar-refractivity contribution is 5.75. The van der Waals surface area contributed by atoms with Gasteiger partial charge in [-0.3, -0.25) is 4.79 Å². The van der Waals surface area contributed by atoms with Gasteiger partial charge in [-0.1, -0.05) is 60.7 Å². The van der Waals surface area contributed by atoms with E-state index in [0.29, 0.717) is 6.42 Å². The van der Waals surface area contributed by atoms with Crippen LogP contribution in [0.1, 0.15) is 11.1 Å². The van der Waals surface area contributed by atoms with Crippen molar-refractivity contribution in [2.24, 2.45) is 5.92 Å². The van der Waals surface area contributed by atoms with Crippen LogP contribution in [0.25, 0.3) is 0 Å². The first-order chi connectivity index (χ1) is 9.79. The molecule has 0 heterocycles. The van der Waals surface area contributed by atoms with Crippen molar-refractivity contribution in [3.05, 3.63) is 71.8 Å². The molecule has 0 aliphatic heterocycles. The molecule has 3 nitrogen and oxygen atoms in total. The summed E-state index contributed by atoms with van der Waals surface area (Å²) in [6.45, 7) is 0.201. The quantitative estimate of drug-likeness (QED) is 0.780. The molecule has 0 fully saturated rings. The van der Waals surface area contributed by atoms with E-state index in [-0.39, 0.29) is 6.61 Å². The molecule has 0 saturated heterocycles. The number of benzene rings is 2. The van der Waals surface area contributed by atoms with Gasteiger partial charge in [0.05, 0.1) is 6.07 Å². The Morgan fingerprint density at radius 3 is 2.10 bits per heavy atom. The third kappa shape index (κ3) is 3.96. The fourth-order valence-electron chi connectivity index (χ4n) is 1.86. The number of esters is 1. The average molecular weight is 265 g/mol. The van der Waals surface area contributed by atoms with E-state index in [9.17, 15) is 4.79 Å². The third-order valence-electron chi connectivity index (χ3n) is 2.95. The molecule has 1 unspecified atom stereocenters. The lowest BCUT2D eigenvalue weighted by Gasteiger charge is -2.09. The molecule has 3 heteroatoms. The molecule has 2 aromatic rings. The van der Waals surface area contributed by atoms with Crippen molar-refractivity contribution in [1.29, 1.82) is 5.26 Å². The van der Waals surface area contributed by atoms with Crippen LogP contribution in [0.2, 0.25) is 0 Å². The number of hydrogen-bond donors (Lipinski definition) is 0. The van der Waals surface area contributed by atoms with Gasteiger partial charge in [0.25, 0.3) is 0 Å². The molecule has 0 aliphatic carbocycles. The second kappa shape index (κ2) is 7.10. The summed E-state index contributed by atoms with van der Waals surface area (Å²) in [7, 11) is 0. The number of carbonyl (C=O) groups is 1. The van der Waals surface area contributed by atoms with Gasteiger partial charge in [-0.05, 0) is 17.5 Å². The topological polar surface area (TPSA) is 50.1 Å². The van der Waals surface area contributed by atoms with Gasteiger partial charge in [0.15, 0.2) is 0 Å². The molecule has 20 heavy (non-hydrogen) atoms. The highest BCUT2D eigenvalue weighted by atomic mass is 16.5. The Hall–Kier alpha value is -2.60. The summed E-state index contributed by atoms with van der Waals surface area (Å²) in [5, 5.41) is 9.10. The van der Waals surface area contributed by atoms with Crippen molar-refractivity contribution in [1.82, 2.24) is 0 Å². The molecule has 0 N–H and O–H groups in total. The summed E-state index contributed by atoms with van der Waals surface area (Å²) in [6.07, 6.45) is 0.380. The van der Waals surface area contributed by atoms with Gasteiger partial charge in [0.1, 0.15) is 12.5 Å². The van der Waals surface area contributed by atoms with Crippen molar-refractivity contribution in [3.8, 4) is 6.07 Å². The van der Waals surface area contributed by atoms with E-state index in [1.54, 1.807) is 0 Å². The molecular weight excluding hydrogens is 250 g/mol. The minimum absolute atomic E-state index is 0.201. The molecule has 0 amide bonds. The van der Waals surface area contributed by atoms with E-state index in [1.807, 2.05) is 66.7 Å². The largest absolute Gasteiger partial charge is 0.460 e.